The zero-order valence-electron chi connectivity index (χ0n) is 10.1. The monoisotopic (exact) mass is 237 g/mol. The van der Waals surface area contributed by atoms with Gasteiger partial charge in [0.15, 0.2) is 0 Å². The van der Waals surface area contributed by atoms with E-state index in [4.69, 9.17) is 18.0 Å². The second-order valence-corrected chi connectivity index (χ2v) is 5.00. The van der Waals surface area contributed by atoms with Gasteiger partial charge in [-0.05, 0) is 32.4 Å². The molecule has 3 nitrogen and oxygen atoms in total. The number of nitrogens with two attached hydrogens (primary N) is 1. The zero-order chi connectivity index (χ0) is 12.2. The average Bonchev–Trinajstić information content (AvgIpc) is 2.17. The largest absolute Gasteiger partial charge is 0.388 e. The minimum atomic E-state index is 0.0845. The molecule has 0 aliphatic rings. The predicted octanol–water partition coefficient (Wildman–Crippen LogP) is 2.71. The van der Waals surface area contributed by atoms with E-state index < -0.39 is 0 Å². The normalized spacial score (nSPS) is 11.2. The number of hydrogen-bond donors (Lipinski definition) is 2. The summed E-state index contributed by atoms with van der Waals surface area (Å²) in [5, 5.41) is 3.44. The molecule has 1 aromatic rings. The molecule has 0 saturated heterocycles. The van der Waals surface area contributed by atoms with Gasteiger partial charge in [0.2, 0.25) is 0 Å². The number of aromatic nitrogens is 1. The highest BCUT2D eigenvalue weighted by molar-refractivity contribution is 7.80. The van der Waals surface area contributed by atoms with Crippen LogP contribution in [-0.2, 0) is 0 Å². The van der Waals surface area contributed by atoms with Gasteiger partial charge in [-0.2, -0.15) is 0 Å². The summed E-state index contributed by atoms with van der Waals surface area (Å²) in [6.45, 7) is 6.54. The standard InChI is InChI=1S/C12H19N3S/c1-4-7-12(2,3)15-9-5-6-10(11(13)16)14-8-9/h5-6,8,15H,4,7H2,1-3H3,(H2,13,16). The summed E-state index contributed by atoms with van der Waals surface area (Å²) < 4.78 is 0. The molecule has 0 aromatic carbocycles. The highest BCUT2D eigenvalue weighted by Crippen LogP contribution is 2.18. The Labute approximate surface area is 102 Å². The maximum Gasteiger partial charge on any atom is 0.122 e. The molecule has 0 amide bonds. The summed E-state index contributed by atoms with van der Waals surface area (Å²) in [6, 6.07) is 3.80. The second-order valence-electron chi connectivity index (χ2n) is 4.56. The lowest BCUT2D eigenvalue weighted by Gasteiger charge is -2.26. The van der Waals surface area contributed by atoms with E-state index in [1.807, 2.05) is 12.1 Å². The Kier molecular flexibility index (Phi) is 4.24. The minimum absolute atomic E-state index is 0.0845. The third kappa shape index (κ3) is 3.77. The van der Waals surface area contributed by atoms with Crippen LogP contribution in [0.5, 0.6) is 0 Å². The molecule has 88 valence electrons. The fourth-order valence-corrected chi connectivity index (χ4v) is 1.81. The van der Waals surface area contributed by atoms with E-state index >= 15 is 0 Å². The SMILES string of the molecule is CCCC(C)(C)Nc1ccc(C(N)=S)nc1. The molecule has 0 fully saturated rings. The summed E-state index contributed by atoms with van der Waals surface area (Å²) in [7, 11) is 0. The number of nitrogens with one attached hydrogen (secondary N) is 1. The van der Waals surface area contributed by atoms with E-state index in [2.05, 4.69) is 31.1 Å². The molecule has 0 saturated carbocycles. The van der Waals surface area contributed by atoms with Crippen molar-refractivity contribution in [3.63, 3.8) is 0 Å². The number of hydrogen-bond acceptors (Lipinski definition) is 3. The Morgan fingerprint density at radius 2 is 2.19 bits per heavy atom. The van der Waals surface area contributed by atoms with Crippen LogP contribution in [-0.4, -0.2) is 15.5 Å². The van der Waals surface area contributed by atoms with E-state index in [-0.39, 0.29) is 5.54 Å². The van der Waals surface area contributed by atoms with Gasteiger partial charge in [0.05, 0.1) is 17.6 Å². The van der Waals surface area contributed by atoms with Crippen molar-refractivity contribution in [3.8, 4) is 0 Å². The maximum atomic E-state index is 5.49. The van der Waals surface area contributed by atoms with Gasteiger partial charge in [-0.25, -0.2) is 0 Å². The first kappa shape index (κ1) is 12.9. The molecule has 0 unspecified atom stereocenters. The van der Waals surface area contributed by atoms with Crippen molar-refractivity contribution < 1.29 is 0 Å². The van der Waals surface area contributed by atoms with Crippen molar-refractivity contribution in [2.24, 2.45) is 5.73 Å². The maximum absolute atomic E-state index is 5.49. The van der Waals surface area contributed by atoms with E-state index in [0.29, 0.717) is 10.7 Å². The van der Waals surface area contributed by atoms with Crippen LogP contribution in [0.1, 0.15) is 39.3 Å². The molecule has 0 aliphatic carbocycles. The lowest BCUT2D eigenvalue weighted by molar-refractivity contribution is 0.511. The van der Waals surface area contributed by atoms with Crippen LogP contribution in [0.4, 0.5) is 5.69 Å². The van der Waals surface area contributed by atoms with Crippen LogP contribution < -0.4 is 11.1 Å². The van der Waals surface area contributed by atoms with Gasteiger partial charge in [-0.1, -0.05) is 25.6 Å². The van der Waals surface area contributed by atoms with E-state index in [1.165, 1.54) is 0 Å². The Bertz CT molecular complexity index is 357. The summed E-state index contributed by atoms with van der Waals surface area (Å²) >= 11 is 4.85. The quantitative estimate of drug-likeness (QED) is 0.773. The molecule has 0 atom stereocenters. The van der Waals surface area contributed by atoms with E-state index in [1.54, 1.807) is 6.20 Å². The molecule has 1 aromatic heterocycles. The molecular formula is C12H19N3S. The molecule has 3 N–H and O–H groups in total. The molecule has 0 aliphatic heterocycles. The summed E-state index contributed by atoms with van der Waals surface area (Å²) in [4.78, 5) is 4.53. The van der Waals surface area contributed by atoms with Gasteiger partial charge in [0.25, 0.3) is 0 Å². The third-order valence-electron chi connectivity index (χ3n) is 2.37. The van der Waals surface area contributed by atoms with Crippen LogP contribution in [0.15, 0.2) is 18.3 Å². The molecule has 1 heterocycles. The first-order valence-electron chi connectivity index (χ1n) is 5.48. The third-order valence-corrected chi connectivity index (χ3v) is 2.58. The van der Waals surface area contributed by atoms with E-state index in [0.717, 1.165) is 18.5 Å². The Morgan fingerprint density at radius 1 is 1.50 bits per heavy atom. The second kappa shape index (κ2) is 5.25. The number of anilines is 1. The summed E-state index contributed by atoms with van der Waals surface area (Å²) in [6.07, 6.45) is 4.04. The highest BCUT2D eigenvalue weighted by Gasteiger charge is 2.15. The summed E-state index contributed by atoms with van der Waals surface area (Å²) in [5.41, 5.74) is 7.23. The van der Waals surface area contributed by atoms with Crippen LogP contribution in [0.25, 0.3) is 0 Å². The van der Waals surface area contributed by atoms with Crippen LogP contribution in [0.3, 0.4) is 0 Å². The first-order chi connectivity index (χ1) is 7.44. The Morgan fingerprint density at radius 3 is 2.62 bits per heavy atom. The van der Waals surface area contributed by atoms with Crippen LogP contribution in [0, 0.1) is 0 Å². The van der Waals surface area contributed by atoms with Crippen LogP contribution in [0.2, 0.25) is 0 Å². The van der Waals surface area contributed by atoms with Gasteiger partial charge in [0, 0.05) is 5.54 Å². The zero-order valence-corrected chi connectivity index (χ0v) is 10.9. The highest BCUT2D eigenvalue weighted by atomic mass is 32.1. The lowest BCUT2D eigenvalue weighted by atomic mass is 9.99. The predicted molar refractivity (Wildman–Crippen MR) is 72.7 cm³/mol. The topological polar surface area (TPSA) is 50.9 Å². The van der Waals surface area contributed by atoms with Gasteiger partial charge in [-0.15, -0.1) is 0 Å². The molecule has 16 heavy (non-hydrogen) atoms. The van der Waals surface area contributed by atoms with Gasteiger partial charge >= 0.3 is 0 Å². The Hall–Kier alpha value is -1.16. The molecule has 0 spiro atoms. The fraction of sp³-hybridized carbons (Fsp3) is 0.500. The molecular weight excluding hydrogens is 218 g/mol. The van der Waals surface area contributed by atoms with Gasteiger partial charge in [-0.3, -0.25) is 4.98 Å². The number of nitrogens with zero attached hydrogens (tertiary/aromatic N) is 1. The van der Waals surface area contributed by atoms with Crippen molar-refractivity contribution in [1.82, 2.24) is 4.98 Å². The van der Waals surface area contributed by atoms with Crippen molar-refractivity contribution in [2.45, 2.75) is 39.2 Å². The first-order valence-corrected chi connectivity index (χ1v) is 5.89. The summed E-state index contributed by atoms with van der Waals surface area (Å²) in [5.74, 6) is 0. The number of rotatable bonds is 5. The number of thiocarbonyl (C=S) groups is 1. The van der Waals surface area contributed by atoms with Crippen molar-refractivity contribution in [2.75, 3.05) is 5.32 Å². The Balaban J connectivity index is 2.72. The average molecular weight is 237 g/mol. The van der Waals surface area contributed by atoms with Crippen molar-refractivity contribution in [1.29, 1.82) is 0 Å². The van der Waals surface area contributed by atoms with Crippen molar-refractivity contribution in [3.05, 3.63) is 24.0 Å². The molecule has 0 bridgehead atoms. The molecule has 1 rings (SSSR count). The van der Waals surface area contributed by atoms with Crippen LogP contribution >= 0.6 is 12.2 Å². The smallest absolute Gasteiger partial charge is 0.122 e. The fourth-order valence-electron chi connectivity index (χ4n) is 1.69. The van der Waals surface area contributed by atoms with E-state index in [9.17, 15) is 0 Å². The minimum Gasteiger partial charge on any atom is -0.388 e. The number of pyridine rings is 1. The molecule has 0 radical (unpaired) electrons. The van der Waals surface area contributed by atoms with Gasteiger partial charge < -0.3 is 11.1 Å². The van der Waals surface area contributed by atoms with Crippen molar-refractivity contribution >= 4 is 22.9 Å². The van der Waals surface area contributed by atoms with Gasteiger partial charge in [0.1, 0.15) is 4.99 Å². The lowest BCUT2D eigenvalue weighted by Crippen LogP contribution is -2.30. The molecule has 4 heteroatoms.